The molecule has 2 heterocycles. The standard InChI is InChI=1S/C24H24N4O2/c1-2-30-24(29)19-12-13-21-20(17-19)23(18-9-4-3-5-10-18)27-28(21)16-8-15-26-22-11-6-7-14-25-22/h3-7,9-14,17H,2,8,15-16H2,1H3,(H,25,26). The summed E-state index contributed by atoms with van der Waals surface area (Å²) >= 11 is 0. The van der Waals surface area contributed by atoms with Crippen molar-refractivity contribution in [3.8, 4) is 11.3 Å². The summed E-state index contributed by atoms with van der Waals surface area (Å²) in [6.45, 7) is 3.70. The predicted molar refractivity (Wildman–Crippen MR) is 118 cm³/mol. The Balaban J connectivity index is 1.60. The topological polar surface area (TPSA) is 69.0 Å². The fourth-order valence-electron chi connectivity index (χ4n) is 3.41. The summed E-state index contributed by atoms with van der Waals surface area (Å²) in [6, 6.07) is 21.5. The lowest BCUT2D eigenvalue weighted by Crippen LogP contribution is -2.08. The fraction of sp³-hybridized carbons (Fsp3) is 0.208. The average molecular weight is 400 g/mol. The van der Waals surface area contributed by atoms with Crippen molar-refractivity contribution >= 4 is 22.7 Å². The Hall–Kier alpha value is -3.67. The van der Waals surface area contributed by atoms with Crippen LogP contribution in [-0.4, -0.2) is 33.9 Å². The average Bonchev–Trinajstić information content (AvgIpc) is 3.16. The van der Waals surface area contributed by atoms with E-state index < -0.39 is 0 Å². The van der Waals surface area contributed by atoms with Gasteiger partial charge in [0.15, 0.2) is 0 Å². The Morgan fingerprint density at radius 2 is 1.90 bits per heavy atom. The molecule has 2 aromatic heterocycles. The lowest BCUT2D eigenvalue weighted by molar-refractivity contribution is 0.0526. The zero-order chi connectivity index (χ0) is 20.8. The number of anilines is 1. The Kier molecular flexibility index (Phi) is 6.03. The van der Waals surface area contributed by atoms with Crippen molar-refractivity contribution < 1.29 is 9.53 Å². The molecule has 0 amide bonds. The molecule has 0 fully saturated rings. The van der Waals surface area contributed by atoms with Gasteiger partial charge in [-0.05, 0) is 43.7 Å². The van der Waals surface area contributed by atoms with E-state index in [4.69, 9.17) is 9.84 Å². The van der Waals surface area contributed by atoms with Crippen molar-refractivity contribution in [3.63, 3.8) is 0 Å². The number of carbonyl (C=O) groups is 1. The third-order valence-corrected chi connectivity index (χ3v) is 4.83. The lowest BCUT2D eigenvalue weighted by atomic mass is 10.1. The number of nitrogens with one attached hydrogen (secondary N) is 1. The number of fused-ring (bicyclic) bond motifs is 1. The Morgan fingerprint density at radius 3 is 2.67 bits per heavy atom. The first-order valence-electron chi connectivity index (χ1n) is 10.1. The maximum Gasteiger partial charge on any atom is 0.338 e. The summed E-state index contributed by atoms with van der Waals surface area (Å²) in [5, 5.41) is 9.15. The number of nitrogens with zero attached hydrogens (tertiary/aromatic N) is 3. The van der Waals surface area contributed by atoms with E-state index in [2.05, 4.69) is 10.3 Å². The first kappa shape index (κ1) is 19.6. The third-order valence-electron chi connectivity index (χ3n) is 4.83. The third kappa shape index (κ3) is 4.33. The van der Waals surface area contributed by atoms with Crippen LogP contribution in [0.15, 0.2) is 72.9 Å². The quantitative estimate of drug-likeness (QED) is 0.341. The molecule has 0 spiro atoms. The Morgan fingerprint density at radius 1 is 1.07 bits per heavy atom. The maximum atomic E-state index is 12.2. The van der Waals surface area contributed by atoms with Gasteiger partial charge >= 0.3 is 5.97 Å². The van der Waals surface area contributed by atoms with Crippen molar-refractivity contribution in [2.24, 2.45) is 0 Å². The highest BCUT2D eigenvalue weighted by atomic mass is 16.5. The van der Waals surface area contributed by atoms with Crippen LogP contribution in [0.25, 0.3) is 22.2 Å². The molecule has 0 bridgehead atoms. The lowest BCUT2D eigenvalue weighted by Gasteiger charge is -2.07. The minimum atomic E-state index is -0.314. The number of aromatic nitrogens is 3. The van der Waals surface area contributed by atoms with Crippen molar-refractivity contribution in [2.45, 2.75) is 19.9 Å². The number of hydrogen-bond donors (Lipinski definition) is 1. The van der Waals surface area contributed by atoms with E-state index in [1.807, 2.05) is 72.3 Å². The van der Waals surface area contributed by atoms with Crippen LogP contribution in [0.5, 0.6) is 0 Å². The number of esters is 1. The van der Waals surface area contributed by atoms with Gasteiger partial charge in [-0.3, -0.25) is 4.68 Å². The molecular weight excluding hydrogens is 376 g/mol. The zero-order valence-corrected chi connectivity index (χ0v) is 16.9. The summed E-state index contributed by atoms with van der Waals surface area (Å²) < 4.78 is 7.18. The minimum Gasteiger partial charge on any atom is -0.462 e. The Labute approximate surface area is 175 Å². The van der Waals surface area contributed by atoms with Crippen LogP contribution in [0, 0.1) is 0 Å². The molecule has 0 radical (unpaired) electrons. The molecule has 0 aliphatic rings. The molecule has 4 aromatic rings. The largest absolute Gasteiger partial charge is 0.462 e. The second kappa shape index (κ2) is 9.22. The van der Waals surface area contributed by atoms with Crippen molar-refractivity contribution in [2.75, 3.05) is 18.5 Å². The number of ether oxygens (including phenoxy) is 1. The fourth-order valence-corrected chi connectivity index (χ4v) is 3.41. The first-order valence-corrected chi connectivity index (χ1v) is 10.1. The van der Waals surface area contributed by atoms with E-state index in [-0.39, 0.29) is 5.97 Å². The molecule has 0 saturated heterocycles. The summed E-state index contributed by atoms with van der Waals surface area (Å²) in [7, 11) is 0. The van der Waals surface area contributed by atoms with Gasteiger partial charge in [0.1, 0.15) is 11.5 Å². The van der Waals surface area contributed by atoms with Crippen LogP contribution in [0.2, 0.25) is 0 Å². The molecule has 4 rings (SSSR count). The molecule has 0 saturated carbocycles. The van der Waals surface area contributed by atoms with E-state index >= 15 is 0 Å². The molecule has 6 heteroatoms. The van der Waals surface area contributed by atoms with Crippen molar-refractivity contribution in [1.29, 1.82) is 0 Å². The van der Waals surface area contributed by atoms with Gasteiger partial charge in [-0.1, -0.05) is 36.4 Å². The van der Waals surface area contributed by atoms with E-state index in [1.165, 1.54) is 0 Å². The van der Waals surface area contributed by atoms with Gasteiger partial charge in [0.05, 0.1) is 17.7 Å². The smallest absolute Gasteiger partial charge is 0.338 e. The molecule has 0 aliphatic heterocycles. The SMILES string of the molecule is CCOC(=O)c1ccc2c(c1)c(-c1ccccc1)nn2CCCNc1ccccn1. The van der Waals surface area contributed by atoms with Crippen LogP contribution in [0.4, 0.5) is 5.82 Å². The van der Waals surface area contributed by atoms with Gasteiger partial charge in [0.25, 0.3) is 0 Å². The van der Waals surface area contributed by atoms with Crippen LogP contribution < -0.4 is 5.32 Å². The molecule has 6 nitrogen and oxygen atoms in total. The molecule has 2 aromatic carbocycles. The summed E-state index contributed by atoms with van der Waals surface area (Å²) in [5.41, 5.74) is 3.43. The summed E-state index contributed by atoms with van der Waals surface area (Å²) in [5.74, 6) is 0.553. The second-order valence-electron chi connectivity index (χ2n) is 6.89. The summed E-state index contributed by atoms with van der Waals surface area (Å²) in [4.78, 5) is 16.5. The highest BCUT2D eigenvalue weighted by Gasteiger charge is 2.15. The maximum absolute atomic E-state index is 12.2. The molecule has 30 heavy (non-hydrogen) atoms. The normalized spacial score (nSPS) is 10.8. The predicted octanol–water partition coefficient (Wildman–Crippen LogP) is 4.78. The molecule has 0 aliphatic carbocycles. The Bertz CT molecular complexity index is 1120. The number of rotatable bonds is 8. The van der Waals surface area contributed by atoms with Crippen molar-refractivity contribution in [3.05, 3.63) is 78.5 Å². The van der Waals surface area contributed by atoms with Gasteiger partial charge in [-0.25, -0.2) is 9.78 Å². The molecule has 0 atom stereocenters. The van der Waals surface area contributed by atoms with E-state index in [0.29, 0.717) is 12.2 Å². The summed E-state index contributed by atoms with van der Waals surface area (Å²) in [6.07, 6.45) is 2.66. The van der Waals surface area contributed by atoms with Gasteiger partial charge in [-0.2, -0.15) is 5.10 Å². The van der Waals surface area contributed by atoms with Gasteiger partial charge in [0.2, 0.25) is 0 Å². The van der Waals surface area contributed by atoms with Crippen LogP contribution in [0.1, 0.15) is 23.7 Å². The monoisotopic (exact) mass is 400 g/mol. The van der Waals surface area contributed by atoms with Crippen LogP contribution in [0.3, 0.4) is 0 Å². The van der Waals surface area contributed by atoms with Gasteiger partial charge < -0.3 is 10.1 Å². The van der Waals surface area contributed by atoms with E-state index in [9.17, 15) is 4.79 Å². The number of hydrogen-bond acceptors (Lipinski definition) is 5. The number of aryl methyl sites for hydroxylation is 1. The molecule has 152 valence electrons. The van der Waals surface area contributed by atoms with Crippen molar-refractivity contribution in [1.82, 2.24) is 14.8 Å². The van der Waals surface area contributed by atoms with E-state index in [1.54, 1.807) is 12.3 Å². The van der Waals surface area contributed by atoms with Crippen LogP contribution >= 0.6 is 0 Å². The number of pyridine rings is 1. The van der Waals surface area contributed by atoms with Gasteiger partial charge in [0, 0.05) is 30.2 Å². The molecule has 0 unspecified atom stereocenters. The van der Waals surface area contributed by atoms with E-state index in [0.717, 1.165) is 47.5 Å². The minimum absolute atomic E-state index is 0.314. The zero-order valence-electron chi connectivity index (χ0n) is 16.9. The number of benzene rings is 2. The first-order chi connectivity index (χ1) is 14.8. The van der Waals surface area contributed by atoms with Gasteiger partial charge in [-0.15, -0.1) is 0 Å². The number of carbonyl (C=O) groups excluding carboxylic acids is 1. The molecule has 1 N–H and O–H groups in total. The highest BCUT2D eigenvalue weighted by Crippen LogP contribution is 2.29. The second-order valence-corrected chi connectivity index (χ2v) is 6.89. The highest BCUT2D eigenvalue weighted by molar-refractivity contribution is 5.99. The molecular formula is C24H24N4O2. The van der Waals surface area contributed by atoms with Crippen LogP contribution in [-0.2, 0) is 11.3 Å².